The molecule has 0 radical (unpaired) electrons. The number of amides is 1. The average Bonchev–Trinajstić information content (AvgIpc) is 3.12. The molecule has 0 aliphatic carbocycles. The van der Waals surface area contributed by atoms with Crippen molar-refractivity contribution in [1.29, 1.82) is 0 Å². The number of nitrogens with zero attached hydrogens (tertiary/aromatic N) is 4. The van der Waals surface area contributed by atoms with Gasteiger partial charge in [-0.05, 0) is 30.2 Å². The maximum absolute atomic E-state index is 14.1. The number of benzene rings is 3. The van der Waals surface area contributed by atoms with Crippen molar-refractivity contribution >= 4 is 40.1 Å². The van der Waals surface area contributed by atoms with Crippen LogP contribution in [0, 0.1) is 5.82 Å². The van der Waals surface area contributed by atoms with Crippen molar-refractivity contribution in [3.63, 3.8) is 0 Å². The lowest BCUT2D eigenvalue weighted by atomic mass is 10.1. The van der Waals surface area contributed by atoms with Crippen molar-refractivity contribution in [1.82, 2.24) is 20.0 Å². The molecular formula is C26H21FN6O. The molecule has 0 aliphatic rings. The molecule has 34 heavy (non-hydrogen) atoms. The first-order valence-corrected chi connectivity index (χ1v) is 10.8. The molecule has 7 nitrogen and oxygen atoms in total. The molecule has 2 aromatic heterocycles. The monoisotopic (exact) mass is 452 g/mol. The summed E-state index contributed by atoms with van der Waals surface area (Å²) in [4.78, 5) is 22.4. The Kier molecular flexibility index (Phi) is 5.70. The van der Waals surface area contributed by atoms with Crippen molar-refractivity contribution < 1.29 is 9.18 Å². The van der Waals surface area contributed by atoms with E-state index in [1.807, 2.05) is 54.6 Å². The maximum Gasteiger partial charge on any atom is 0.257 e. The maximum atomic E-state index is 14.1. The van der Waals surface area contributed by atoms with Gasteiger partial charge in [-0.3, -0.25) is 4.79 Å². The minimum Gasteiger partial charge on any atom is -0.383 e. The molecule has 0 atom stereocenters. The molecule has 5 rings (SSSR count). The number of fused-ring (bicyclic) bond motifs is 2. The summed E-state index contributed by atoms with van der Waals surface area (Å²) in [6.45, 7) is 0.425. The van der Waals surface area contributed by atoms with Crippen LogP contribution in [0.4, 0.5) is 10.2 Å². The zero-order chi connectivity index (χ0) is 23.5. The first-order chi connectivity index (χ1) is 16.6. The lowest BCUT2D eigenvalue weighted by Crippen LogP contribution is -2.26. The first-order valence-electron chi connectivity index (χ1n) is 10.8. The van der Waals surface area contributed by atoms with Gasteiger partial charge in [0.05, 0.1) is 17.2 Å². The number of nitrogens with two attached hydrogens (primary N) is 1. The molecule has 168 valence electrons. The van der Waals surface area contributed by atoms with Gasteiger partial charge in [-0.15, -0.1) is 0 Å². The Morgan fingerprint density at radius 3 is 2.41 bits per heavy atom. The second kappa shape index (κ2) is 9.11. The minimum absolute atomic E-state index is 0.0788. The minimum atomic E-state index is -0.420. The Morgan fingerprint density at radius 2 is 1.65 bits per heavy atom. The predicted molar refractivity (Wildman–Crippen MR) is 131 cm³/mol. The van der Waals surface area contributed by atoms with E-state index >= 15 is 0 Å². The normalized spacial score (nSPS) is 11.4. The van der Waals surface area contributed by atoms with E-state index in [1.165, 1.54) is 17.0 Å². The van der Waals surface area contributed by atoms with Gasteiger partial charge in [0, 0.05) is 12.1 Å². The van der Waals surface area contributed by atoms with Crippen molar-refractivity contribution in [2.24, 2.45) is 5.10 Å². The SMILES string of the molecule is Nc1c(C(=O)NCCc2ccccc2)c2nc3ccccc3nc2n1N=Cc1ccccc1F. The fourth-order valence-electron chi connectivity index (χ4n) is 3.74. The number of para-hydroxylation sites is 2. The number of nitrogens with one attached hydrogen (secondary N) is 1. The second-order valence-electron chi connectivity index (χ2n) is 7.71. The smallest absolute Gasteiger partial charge is 0.257 e. The van der Waals surface area contributed by atoms with Gasteiger partial charge in [0.1, 0.15) is 22.7 Å². The molecule has 0 aliphatic heterocycles. The van der Waals surface area contributed by atoms with E-state index in [9.17, 15) is 9.18 Å². The third-order valence-corrected chi connectivity index (χ3v) is 5.46. The molecule has 3 aromatic carbocycles. The second-order valence-corrected chi connectivity index (χ2v) is 7.71. The quantitative estimate of drug-likeness (QED) is 0.378. The van der Waals surface area contributed by atoms with Gasteiger partial charge in [0.25, 0.3) is 5.91 Å². The van der Waals surface area contributed by atoms with Gasteiger partial charge < -0.3 is 11.1 Å². The van der Waals surface area contributed by atoms with E-state index in [1.54, 1.807) is 18.2 Å². The predicted octanol–water partition coefficient (Wildman–Crippen LogP) is 4.16. The molecule has 3 N–H and O–H groups in total. The number of carbonyl (C=O) groups excluding carboxylic acids is 1. The molecule has 0 fully saturated rings. The number of anilines is 1. The molecule has 0 unspecified atom stereocenters. The van der Waals surface area contributed by atoms with Crippen LogP contribution < -0.4 is 11.1 Å². The summed E-state index contributed by atoms with van der Waals surface area (Å²) in [5.41, 5.74) is 9.87. The van der Waals surface area contributed by atoms with Crippen LogP contribution in [0.1, 0.15) is 21.5 Å². The fraction of sp³-hybridized carbons (Fsp3) is 0.0769. The molecule has 2 heterocycles. The lowest BCUT2D eigenvalue weighted by Gasteiger charge is -2.05. The summed E-state index contributed by atoms with van der Waals surface area (Å²) in [6.07, 6.45) is 2.02. The van der Waals surface area contributed by atoms with Crippen LogP contribution in [0.5, 0.6) is 0 Å². The Labute approximate surface area is 194 Å². The highest BCUT2D eigenvalue weighted by molar-refractivity contribution is 6.10. The molecule has 0 saturated heterocycles. The van der Waals surface area contributed by atoms with Crippen molar-refractivity contribution in [3.8, 4) is 0 Å². The van der Waals surface area contributed by atoms with E-state index < -0.39 is 5.82 Å². The number of hydrogen-bond donors (Lipinski definition) is 2. The first kappa shape index (κ1) is 21.3. The highest BCUT2D eigenvalue weighted by atomic mass is 19.1. The Bertz CT molecular complexity index is 1530. The summed E-state index contributed by atoms with van der Waals surface area (Å²) in [5, 5.41) is 7.26. The average molecular weight is 452 g/mol. The van der Waals surface area contributed by atoms with Crippen molar-refractivity contribution in [3.05, 3.63) is 101 Å². The molecular weight excluding hydrogens is 431 g/mol. The van der Waals surface area contributed by atoms with E-state index in [4.69, 9.17) is 5.73 Å². The largest absolute Gasteiger partial charge is 0.383 e. The Balaban J connectivity index is 1.55. The van der Waals surface area contributed by atoms with Crippen LogP contribution in [0.15, 0.2) is 84.0 Å². The molecule has 8 heteroatoms. The third-order valence-electron chi connectivity index (χ3n) is 5.46. The molecule has 0 spiro atoms. The van der Waals surface area contributed by atoms with Gasteiger partial charge in [0.2, 0.25) is 0 Å². The summed E-state index contributed by atoms with van der Waals surface area (Å²) in [6, 6.07) is 23.4. The molecule has 5 aromatic rings. The van der Waals surface area contributed by atoms with Gasteiger partial charge >= 0.3 is 0 Å². The summed E-state index contributed by atoms with van der Waals surface area (Å²) in [7, 11) is 0. The molecule has 1 amide bonds. The highest BCUT2D eigenvalue weighted by Crippen LogP contribution is 2.27. The van der Waals surface area contributed by atoms with Crippen LogP contribution in [0.25, 0.3) is 22.2 Å². The lowest BCUT2D eigenvalue weighted by molar-refractivity contribution is 0.0956. The number of nitrogen functional groups attached to an aromatic ring is 1. The zero-order valence-corrected chi connectivity index (χ0v) is 18.1. The van der Waals surface area contributed by atoms with E-state index in [0.29, 0.717) is 35.2 Å². The van der Waals surface area contributed by atoms with Gasteiger partial charge in [-0.25, -0.2) is 14.4 Å². The Hall–Kier alpha value is -4.59. The molecule has 0 bridgehead atoms. The van der Waals surface area contributed by atoms with Crippen LogP contribution in [0.2, 0.25) is 0 Å². The number of halogens is 1. The zero-order valence-electron chi connectivity index (χ0n) is 18.1. The van der Waals surface area contributed by atoms with Crippen molar-refractivity contribution in [2.75, 3.05) is 12.3 Å². The van der Waals surface area contributed by atoms with Gasteiger partial charge in [-0.2, -0.15) is 9.78 Å². The van der Waals surface area contributed by atoms with E-state index in [-0.39, 0.29) is 22.9 Å². The number of aromatic nitrogens is 3. The number of rotatable bonds is 6. The Morgan fingerprint density at radius 1 is 0.971 bits per heavy atom. The summed E-state index contributed by atoms with van der Waals surface area (Å²) < 4.78 is 15.4. The van der Waals surface area contributed by atoms with Gasteiger partial charge in [0.15, 0.2) is 5.65 Å². The van der Waals surface area contributed by atoms with Crippen LogP contribution in [-0.2, 0) is 6.42 Å². The standard InChI is InChI=1S/C26H21FN6O/c27-19-11-5-4-10-18(19)16-30-33-24(28)22(26(34)29-15-14-17-8-2-1-3-9-17)23-25(33)32-21-13-7-6-12-20(21)31-23/h1-13,16H,14-15,28H2,(H,29,34). The van der Waals surface area contributed by atoms with Crippen molar-refractivity contribution in [2.45, 2.75) is 6.42 Å². The van der Waals surface area contributed by atoms with Crippen LogP contribution in [0.3, 0.4) is 0 Å². The third kappa shape index (κ3) is 4.09. The highest BCUT2D eigenvalue weighted by Gasteiger charge is 2.24. The summed E-state index contributed by atoms with van der Waals surface area (Å²) in [5.74, 6) is -0.713. The number of hydrogen-bond acceptors (Lipinski definition) is 5. The van der Waals surface area contributed by atoms with Crippen LogP contribution in [-0.4, -0.2) is 33.3 Å². The fourth-order valence-corrected chi connectivity index (χ4v) is 3.74. The molecule has 0 saturated carbocycles. The van der Waals surface area contributed by atoms with Gasteiger partial charge in [-0.1, -0.05) is 60.7 Å². The van der Waals surface area contributed by atoms with Crippen LogP contribution >= 0.6 is 0 Å². The topological polar surface area (TPSA) is 98.2 Å². The van der Waals surface area contributed by atoms with E-state index in [2.05, 4.69) is 20.4 Å². The number of carbonyl (C=O) groups is 1. The summed E-state index contributed by atoms with van der Waals surface area (Å²) >= 11 is 0. The van der Waals surface area contributed by atoms with E-state index in [0.717, 1.165) is 5.56 Å².